The van der Waals surface area contributed by atoms with Crippen molar-refractivity contribution in [1.29, 1.82) is 0 Å². The molecule has 33 heavy (non-hydrogen) atoms. The summed E-state index contributed by atoms with van der Waals surface area (Å²) in [5.74, 6) is 0.558. The maximum absolute atomic E-state index is 5.93. The Kier molecular flexibility index (Phi) is 18.2. The summed E-state index contributed by atoms with van der Waals surface area (Å²) in [7, 11) is 0. The van der Waals surface area contributed by atoms with Crippen molar-refractivity contribution in [1.82, 2.24) is 0 Å². The summed E-state index contributed by atoms with van der Waals surface area (Å²) in [5.41, 5.74) is 2.19. The fourth-order valence-corrected chi connectivity index (χ4v) is 5.22. The lowest BCUT2D eigenvalue weighted by atomic mass is 10.1. The molecule has 1 aliphatic heterocycles. The SMILES string of the molecule is CCCCCCCCCCCCOCC1COC(COCCCCCCC[n+]2ccsc2)C1. The first-order valence-corrected chi connectivity index (χ1v) is 15.0. The fraction of sp³-hybridized carbons (Fsp3) is 0.893. The predicted molar refractivity (Wildman–Crippen MR) is 139 cm³/mol. The Balaban J connectivity index is 1.27. The molecule has 0 N–H and O–H groups in total. The molecule has 0 aromatic carbocycles. The van der Waals surface area contributed by atoms with Crippen molar-refractivity contribution in [2.75, 3.05) is 33.0 Å². The van der Waals surface area contributed by atoms with Crippen molar-refractivity contribution in [3.63, 3.8) is 0 Å². The number of ether oxygens (including phenoxy) is 3. The van der Waals surface area contributed by atoms with Crippen molar-refractivity contribution in [2.45, 2.75) is 122 Å². The zero-order chi connectivity index (χ0) is 23.2. The summed E-state index contributed by atoms with van der Waals surface area (Å²) in [4.78, 5) is 0. The summed E-state index contributed by atoms with van der Waals surface area (Å²) in [6.45, 7) is 7.69. The van der Waals surface area contributed by atoms with Crippen LogP contribution in [0, 0.1) is 5.92 Å². The van der Waals surface area contributed by atoms with E-state index in [0.717, 1.165) is 46.0 Å². The van der Waals surface area contributed by atoms with E-state index in [1.807, 2.05) is 0 Å². The van der Waals surface area contributed by atoms with E-state index >= 15 is 0 Å². The zero-order valence-corrected chi connectivity index (χ0v) is 22.3. The first-order chi connectivity index (χ1) is 16.4. The molecule has 1 aromatic heterocycles. The van der Waals surface area contributed by atoms with Crippen LogP contribution in [-0.4, -0.2) is 39.1 Å². The maximum Gasteiger partial charge on any atom is 0.224 e. The van der Waals surface area contributed by atoms with E-state index in [-0.39, 0.29) is 6.10 Å². The summed E-state index contributed by atoms with van der Waals surface area (Å²) < 4.78 is 20.0. The van der Waals surface area contributed by atoms with Crippen LogP contribution in [0.5, 0.6) is 0 Å². The maximum atomic E-state index is 5.93. The molecular formula is C28H52NO3S+. The smallest absolute Gasteiger partial charge is 0.224 e. The van der Waals surface area contributed by atoms with Crippen LogP contribution in [-0.2, 0) is 20.8 Å². The molecule has 192 valence electrons. The Morgan fingerprint density at radius 2 is 1.39 bits per heavy atom. The van der Waals surface area contributed by atoms with Crippen LogP contribution in [0.3, 0.4) is 0 Å². The molecular weight excluding hydrogens is 430 g/mol. The van der Waals surface area contributed by atoms with Crippen LogP contribution in [0.4, 0.5) is 0 Å². The van der Waals surface area contributed by atoms with Gasteiger partial charge in [-0.3, -0.25) is 0 Å². The first kappa shape index (κ1) is 28.7. The number of hydrogen-bond acceptors (Lipinski definition) is 4. The minimum absolute atomic E-state index is 0.276. The Morgan fingerprint density at radius 3 is 2.03 bits per heavy atom. The van der Waals surface area contributed by atoms with E-state index in [9.17, 15) is 0 Å². The van der Waals surface area contributed by atoms with E-state index in [4.69, 9.17) is 14.2 Å². The summed E-state index contributed by atoms with van der Waals surface area (Å²) in [6.07, 6.45) is 23.7. The van der Waals surface area contributed by atoms with Crippen molar-refractivity contribution >= 4 is 11.3 Å². The van der Waals surface area contributed by atoms with Crippen molar-refractivity contribution in [2.24, 2.45) is 5.92 Å². The van der Waals surface area contributed by atoms with Gasteiger partial charge < -0.3 is 14.2 Å². The minimum atomic E-state index is 0.276. The first-order valence-electron chi connectivity index (χ1n) is 14.1. The molecule has 1 saturated heterocycles. The normalized spacial score (nSPS) is 18.3. The molecule has 1 aromatic rings. The number of aromatic nitrogens is 1. The van der Waals surface area contributed by atoms with Gasteiger partial charge in [-0.2, -0.15) is 4.57 Å². The summed E-state index contributed by atoms with van der Waals surface area (Å²) in [5, 5.41) is 2.14. The molecule has 0 radical (unpaired) electrons. The van der Waals surface area contributed by atoms with E-state index in [2.05, 4.69) is 28.6 Å². The van der Waals surface area contributed by atoms with E-state index < -0.39 is 0 Å². The van der Waals surface area contributed by atoms with Gasteiger partial charge in [-0.1, -0.05) is 88.9 Å². The van der Waals surface area contributed by atoms with E-state index in [1.165, 1.54) is 96.3 Å². The van der Waals surface area contributed by atoms with Crippen LogP contribution in [0.1, 0.15) is 110 Å². The van der Waals surface area contributed by atoms with E-state index in [0.29, 0.717) is 5.92 Å². The van der Waals surface area contributed by atoms with Gasteiger partial charge in [0.15, 0.2) is 6.20 Å². The Hall–Kier alpha value is -0.490. The van der Waals surface area contributed by atoms with Crippen molar-refractivity contribution < 1.29 is 18.8 Å². The third-order valence-electron chi connectivity index (χ3n) is 6.70. The van der Waals surface area contributed by atoms with Gasteiger partial charge in [0.25, 0.3) is 0 Å². The van der Waals surface area contributed by atoms with Crippen molar-refractivity contribution in [3.05, 3.63) is 17.1 Å². The topological polar surface area (TPSA) is 31.6 Å². The predicted octanol–water partition coefficient (Wildman–Crippen LogP) is 7.35. The lowest BCUT2D eigenvalue weighted by Crippen LogP contribution is -2.29. The zero-order valence-electron chi connectivity index (χ0n) is 21.5. The molecule has 0 saturated carbocycles. The molecule has 2 rings (SSSR count). The highest BCUT2D eigenvalue weighted by atomic mass is 32.1. The quantitative estimate of drug-likeness (QED) is 0.121. The highest BCUT2D eigenvalue weighted by Crippen LogP contribution is 2.20. The molecule has 5 heteroatoms. The Labute approximate surface area is 208 Å². The van der Waals surface area contributed by atoms with Gasteiger partial charge in [-0.25, -0.2) is 0 Å². The standard InChI is InChI=1S/C28H52NO3S/c1-2-3-4-5-6-7-8-9-12-15-19-30-23-27-22-28(32-24-27)25-31-20-16-13-10-11-14-17-29-18-21-33-26-29/h18,21,26-28H,2-17,19-20,22-25H2,1H3/q+1. The Bertz CT molecular complexity index is 525. The molecule has 4 nitrogen and oxygen atoms in total. The van der Waals surface area contributed by atoms with Gasteiger partial charge in [0.05, 0.1) is 31.3 Å². The summed E-state index contributed by atoms with van der Waals surface area (Å²) >= 11 is 1.77. The number of hydrogen-bond donors (Lipinski definition) is 0. The van der Waals surface area contributed by atoms with E-state index in [1.54, 1.807) is 11.3 Å². The van der Waals surface area contributed by atoms with Crippen LogP contribution in [0.2, 0.25) is 0 Å². The third-order valence-corrected chi connectivity index (χ3v) is 7.37. The van der Waals surface area contributed by atoms with Crippen LogP contribution >= 0.6 is 11.3 Å². The van der Waals surface area contributed by atoms with Gasteiger partial charge in [0.2, 0.25) is 5.51 Å². The number of aryl methyl sites for hydroxylation is 1. The molecule has 0 amide bonds. The monoisotopic (exact) mass is 482 g/mol. The van der Waals surface area contributed by atoms with Crippen LogP contribution in [0.25, 0.3) is 0 Å². The van der Waals surface area contributed by atoms with Crippen LogP contribution < -0.4 is 4.57 Å². The van der Waals surface area contributed by atoms with Gasteiger partial charge in [0, 0.05) is 25.6 Å². The molecule has 2 atom stereocenters. The van der Waals surface area contributed by atoms with Crippen molar-refractivity contribution in [3.8, 4) is 0 Å². The van der Waals surface area contributed by atoms with Gasteiger partial charge >= 0.3 is 0 Å². The molecule has 0 spiro atoms. The second-order valence-electron chi connectivity index (χ2n) is 9.92. The van der Waals surface area contributed by atoms with Crippen LogP contribution in [0.15, 0.2) is 17.1 Å². The lowest BCUT2D eigenvalue weighted by molar-refractivity contribution is -0.692. The average Bonchev–Trinajstić information content (AvgIpc) is 3.51. The number of thiazole rings is 1. The molecule has 1 aliphatic rings. The average molecular weight is 483 g/mol. The molecule has 2 heterocycles. The molecule has 0 bridgehead atoms. The molecule has 0 aliphatic carbocycles. The van der Waals surface area contributed by atoms with Gasteiger partial charge in [0.1, 0.15) is 6.54 Å². The van der Waals surface area contributed by atoms with Gasteiger partial charge in [-0.05, 0) is 25.7 Å². The summed E-state index contributed by atoms with van der Waals surface area (Å²) in [6, 6.07) is 0. The fourth-order valence-electron chi connectivity index (χ4n) is 4.59. The number of nitrogens with zero attached hydrogens (tertiary/aromatic N) is 1. The highest BCUT2D eigenvalue weighted by molar-refractivity contribution is 7.07. The van der Waals surface area contributed by atoms with Gasteiger partial charge in [-0.15, -0.1) is 0 Å². The second-order valence-corrected chi connectivity index (χ2v) is 10.7. The number of rotatable bonds is 23. The molecule has 1 fully saturated rings. The largest absolute Gasteiger partial charge is 0.381 e. The highest BCUT2D eigenvalue weighted by Gasteiger charge is 2.25. The Morgan fingerprint density at radius 1 is 0.788 bits per heavy atom. The third kappa shape index (κ3) is 15.9. The number of unbranched alkanes of at least 4 members (excludes halogenated alkanes) is 13. The lowest BCUT2D eigenvalue weighted by Gasteiger charge is -2.11. The second kappa shape index (κ2) is 20.8. The minimum Gasteiger partial charge on any atom is -0.381 e. The molecule has 2 unspecified atom stereocenters.